The number of hydrogen-bond acceptors (Lipinski definition) is 6. The third kappa shape index (κ3) is 3.23. The smallest absolute Gasteiger partial charge is 0.250 e. The Morgan fingerprint density at radius 3 is 2.61 bits per heavy atom. The Kier molecular flexibility index (Phi) is 5.12. The van der Waals surface area contributed by atoms with E-state index >= 15 is 0 Å². The molecule has 0 unspecified atom stereocenters. The van der Waals surface area contributed by atoms with E-state index in [0.29, 0.717) is 36.8 Å². The Morgan fingerprint density at radius 2 is 1.76 bits per heavy atom. The summed E-state index contributed by atoms with van der Waals surface area (Å²) >= 11 is 0. The summed E-state index contributed by atoms with van der Waals surface area (Å²) in [6, 6.07) is 18.4. The first-order chi connectivity index (χ1) is 20.0. The summed E-state index contributed by atoms with van der Waals surface area (Å²) in [5, 5.41) is 7.70. The number of ether oxygens (including phenoxy) is 2. The number of amides is 3. The highest BCUT2D eigenvalue weighted by molar-refractivity contribution is 6.26. The zero-order valence-electron chi connectivity index (χ0n) is 22.4. The molecule has 1 spiro atoms. The number of nitrogens with zero attached hydrogens (tertiary/aromatic N) is 1. The molecule has 4 aliphatic heterocycles. The number of imide groups is 1. The molecule has 3 aromatic carbocycles. The molecule has 5 heterocycles. The minimum atomic E-state index is -1.36. The van der Waals surface area contributed by atoms with Crippen molar-refractivity contribution in [3.05, 3.63) is 83.6 Å². The van der Waals surface area contributed by atoms with Crippen molar-refractivity contribution in [3.8, 4) is 11.5 Å². The molecule has 0 bridgehead atoms. The summed E-state index contributed by atoms with van der Waals surface area (Å²) < 4.78 is 11.4. The van der Waals surface area contributed by atoms with Gasteiger partial charge in [-0.05, 0) is 42.2 Å². The molecule has 4 aliphatic rings. The Hall–Kier alpha value is -4.63. The van der Waals surface area contributed by atoms with Crippen molar-refractivity contribution >= 4 is 40.0 Å². The minimum Gasteiger partial charge on any atom is -0.486 e. The van der Waals surface area contributed by atoms with Crippen LogP contribution < -0.4 is 25.0 Å². The zero-order valence-corrected chi connectivity index (χ0v) is 22.4. The van der Waals surface area contributed by atoms with Gasteiger partial charge in [0.05, 0.1) is 17.5 Å². The lowest BCUT2D eigenvalue weighted by Gasteiger charge is -2.30. The minimum absolute atomic E-state index is 0.296. The van der Waals surface area contributed by atoms with E-state index in [9.17, 15) is 14.4 Å². The van der Waals surface area contributed by atoms with Crippen molar-refractivity contribution in [1.29, 1.82) is 0 Å². The highest BCUT2D eigenvalue weighted by atomic mass is 16.6. The lowest BCUT2D eigenvalue weighted by molar-refractivity contribution is -0.130. The number of nitrogens with one attached hydrogen (secondary N) is 3. The average molecular weight is 549 g/mol. The number of aryl methyl sites for hydroxylation is 1. The monoisotopic (exact) mass is 548 g/mol. The van der Waals surface area contributed by atoms with Gasteiger partial charge in [0.15, 0.2) is 11.5 Å². The summed E-state index contributed by atoms with van der Waals surface area (Å²) in [6.07, 6.45) is 3.14. The van der Waals surface area contributed by atoms with Crippen LogP contribution in [0.3, 0.4) is 0 Å². The third-order valence-corrected chi connectivity index (χ3v) is 9.12. The van der Waals surface area contributed by atoms with Crippen LogP contribution >= 0.6 is 0 Å². The van der Waals surface area contributed by atoms with E-state index < -0.39 is 29.3 Å². The van der Waals surface area contributed by atoms with Gasteiger partial charge in [0, 0.05) is 40.5 Å². The number of rotatable bonds is 4. The molecule has 9 heteroatoms. The van der Waals surface area contributed by atoms with Crippen LogP contribution in [0.15, 0.2) is 66.9 Å². The maximum absolute atomic E-state index is 14.4. The number of aromatic nitrogens is 1. The summed E-state index contributed by atoms with van der Waals surface area (Å²) in [5.74, 6) is -1.60. The summed E-state index contributed by atoms with van der Waals surface area (Å²) in [4.78, 5) is 47.3. The maximum atomic E-state index is 14.4. The number of H-pyrrole nitrogens is 1. The number of carbonyl (C=O) groups excluding carboxylic acids is 3. The van der Waals surface area contributed by atoms with Crippen molar-refractivity contribution in [1.82, 2.24) is 10.3 Å². The van der Waals surface area contributed by atoms with Crippen LogP contribution in [-0.4, -0.2) is 42.0 Å². The zero-order chi connectivity index (χ0) is 27.9. The molecular weight excluding hydrogens is 520 g/mol. The average Bonchev–Trinajstić information content (AvgIpc) is 3.71. The van der Waals surface area contributed by atoms with Gasteiger partial charge in [0.2, 0.25) is 17.7 Å². The van der Waals surface area contributed by atoms with Gasteiger partial charge in [-0.2, -0.15) is 0 Å². The van der Waals surface area contributed by atoms with Crippen LogP contribution in [0, 0.1) is 11.8 Å². The van der Waals surface area contributed by atoms with E-state index in [1.165, 1.54) is 4.90 Å². The molecule has 2 saturated heterocycles. The van der Waals surface area contributed by atoms with Crippen LogP contribution in [0.4, 0.5) is 11.4 Å². The van der Waals surface area contributed by atoms with E-state index in [1.807, 2.05) is 55.6 Å². The van der Waals surface area contributed by atoms with Crippen LogP contribution in [-0.2, 0) is 32.8 Å². The van der Waals surface area contributed by atoms with E-state index in [0.717, 1.165) is 39.7 Å². The largest absolute Gasteiger partial charge is 0.486 e. The lowest BCUT2D eigenvalue weighted by atomic mass is 9.76. The highest BCUT2D eigenvalue weighted by Crippen LogP contribution is 2.55. The molecule has 4 atom stereocenters. The van der Waals surface area contributed by atoms with Crippen molar-refractivity contribution in [3.63, 3.8) is 0 Å². The SMILES string of the molecule is CCc1cccc2c1NC(=O)[C@]21N[C@@H](Cc2c[nH]c3ccccc23)[C@H]2C(=O)N(c3ccc4c(c3)OCCO4)C(=O)[C@H]21. The first kappa shape index (κ1) is 24.2. The standard InChI is InChI=1S/C32H28N4O5/c1-2-17-6-5-8-21-28(17)34-31(39)32(21)27-26(23(35-32)14-18-16-33-22-9-4-3-7-20(18)22)29(37)36(30(27)38)19-10-11-24-25(15-19)41-13-12-40-24/h3-11,15-16,23,26-27,33,35H,2,12-14H2,1H3,(H,34,39)/t23-,26+,27-,32-/m0/s1. The van der Waals surface area contributed by atoms with Gasteiger partial charge in [0.1, 0.15) is 18.8 Å². The van der Waals surface area contributed by atoms with Gasteiger partial charge >= 0.3 is 0 Å². The molecule has 4 aromatic rings. The Bertz CT molecular complexity index is 1780. The molecule has 0 saturated carbocycles. The predicted octanol–water partition coefficient (Wildman–Crippen LogP) is 3.67. The summed E-state index contributed by atoms with van der Waals surface area (Å²) in [7, 11) is 0. The number of carbonyl (C=O) groups is 3. The fourth-order valence-electron chi connectivity index (χ4n) is 7.32. The predicted molar refractivity (Wildman–Crippen MR) is 152 cm³/mol. The normalized spacial score (nSPS) is 26.1. The highest BCUT2D eigenvalue weighted by Gasteiger charge is 2.70. The molecule has 206 valence electrons. The number of aromatic amines is 1. The Morgan fingerprint density at radius 1 is 0.927 bits per heavy atom. The van der Waals surface area contributed by atoms with E-state index in [4.69, 9.17) is 9.47 Å². The number of fused-ring (bicyclic) bond motifs is 6. The van der Waals surface area contributed by atoms with Crippen molar-refractivity contribution in [2.75, 3.05) is 23.4 Å². The van der Waals surface area contributed by atoms with E-state index in [1.54, 1.807) is 18.2 Å². The van der Waals surface area contributed by atoms with Gasteiger partial charge in [-0.3, -0.25) is 19.7 Å². The van der Waals surface area contributed by atoms with Crippen LogP contribution in [0.5, 0.6) is 11.5 Å². The molecule has 3 N–H and O–H groups in total. The number of para-hydroxylation sites is 2. The topological polar surface area (TPSA) is 113 Å². The fraction of sp³-hybridized carbons (Fsp3) is 0.281. The van der Waals surface area contributed by atoms with Crippen molar-refractivity contribution in [2.24, 2.45) is 11.8 Å². The first-order valence-electron chi connectivity index (χ1n) is 14.0. The van der Waals surface area contributed by atoms with Crippen LogP contribution in [0.25, 0.3) is 10.9 Å². The quantitative estimate of drug-likeness (QED) is 0.336. The van der Waals surface area contributed by atoms with E-state index in [2.05, 4.69) is 15.6 Å². The molecule has 2 fully saturated rings. The molecule has 3 amide bonds. The van der Waals surface area contributed by atoms with Gasteiger partial charge < -0.3 is 19.8 Å². The van der Waals surface area contributed by atoms with Gasteiger partial charge in [-0.15, -0.1) is 0 Å². The maximum Gasteiger partial charge on any atom is 0.250 e. The molecule has 0 aliphatic carbocycles. The molecule has 1 aromatic heterocycles. The first-order valence-corrected chi connectivity index (χ1v) is 14.0. The van der Waals surface area contributed by atoms with Crippen molar-refractivity contribution < 1.29 is 23.9 Å². The van der Waals surface area contributed by atoms with Crippen LogP contribution in [0.1, 0.15) is 23.6 Å². The summed E-state index contributed by atoms with van der Waals surface area (Å²) in [5.41, 5.74) is 3.52. The Balaban J connectivity index is 1.27. The molecule has 8 rings (SSSR count). The second kappa shape index (κ2) is 8.68. The fourth-order valence-corrected chi connectivity index (χ4v) is 7.32. The molecule has 0 radical (unpaired) electrons. The van der Waals surface area contributed by atoms with Crippen LogP contribution in [0.2, 0.25) is 0 Å². The second-order valence-corrected chi connectivity index (χ2v) is 11.1. The lowest BCUT2D eigenvalue weighted by Crippen LogP contribution is -2.53. The summed E-state index contributed by atoms with van der Waals surface area (Å²) in [6.45, 7) is 2.86. The third-order valence-electron chi connectivity index (χ3n) is 9.12. The second-order valence-electron chi connectivity index (χ2n) is 11.1. The van der Waals surface area contributed by atoms with Crippen molar-refractivity contribution in [2.45, 2.75) is 31.3 Å². The number of anilines is 2. The Labute approximate surface area is 235 Å². The van der Waals surface area contributed by atoms with Gasteiger partial charge in [-0.1, -0.05) is 43.3 Å². The molecule has 9 nitrogen and oxygen atoms in total. The van der Waals surface area contributed by atoms with Gasteiger partial charge in [-0.25, -0.2) is 4.90 Å². The van der Waals surface area contributed by atoms with E-state index in [-0.39, 0.29) is 11.8 Å². The number of benzene rings is 3. The molecular formula is C32H28N4O5. The van der Waals surface area contributed by atoms with Gasteiger partial charge in [0.25, 0.3) is 0 Å². The number of hydrogen-bond donors (Lipinski definition) is 3. The molecule has 41 heavy (non-hydrogen) atoms.